The van der Waals surface area contributed by atoms with E-state index in [1.807, 2.05) is 0 Å². The molecule has 39 heavy (non-hydrogen) atoms. The van der Waals surface area contributed by atoms with E-state index < -0.39 is 80.6 Å². The Labute approximate surface area is 219 Å². The van der Waals surface area contributed by atoms with Crippen molar-refractivity contribution in [1.29, 1.82) is 0 Å². The number of imidazole rings is 1. The summed E-state index contributed by atoms with van der Waals surface area (Å²) in [5.41, 5.74) is 5.04. The number of nitrogens with one attached hydrogen (secondary N) is 1. The van der Waals surface area contributed by atoms with Gasteiger partial charge in [-0.2, -0.15) is 0 Å². The third kappa shape index (κ3) is 5.15. The summed E-state index contributed by atoms with van der Waals surface area (Å²) in [7, 11) is -4.86. The summed E-state index contributed by atoms with van der Waals surface area (Å²) in [5, 5.41) is 41.8. The largest absolute Gasteiger partial charge is 0.472 e. The molecule has 5 rings (SSSR count). The van der Waals surface area contributed by atoms with E-state index in [1.54, 1.807) is 0 Å². The zero-order chi connectivity index (χ0) is 28.1. The molecule has 212 valence electrons. The van der Waals surface area contributed by atoms with Crippen LogP contribution in [-0.4, -0.2) is 92.0 Å². The fourth-order valence-corrected chi connectivity index (χ4v) is 6.45. The van der Waals surface area contributed by atoms with Crippen LogP contribution < -0.4 is 17.0 Å². The van der Waals surface area contributed by atoms with Gasteiger partial charge in [-0.25, -0.2) is 24.3 Å². The van der Waals surface area contributed by atoms with Gasteiger partial charge in [-0.1, -0.05) is 0 Å². The van der Waals surface area contributed by atoms with E-state index >= 15 is 0 Å². The van der Waals surface area contributed by atoms with Crippen LogP contribution in [0.2, 0.25) is 0 Å². The van der Waals surface area contributed by atoms with E-state index in [2.05, 4.69) is 19.9 Å². The molecular weight excluding hydrogens is 541 g/mol. The molecule has 9 atom stereocenters. The van der Waals surface area contributed by atoms with E-state index in [0.29, 0.717) is 11.2 Å². The van der Waals surface area contributed by atoms with Gasteiger partial charge < -0.3 is 35.6 Å². The highest BCUT2D eigenvalue weighted by molar-refractivity contribution is 7.47. The molecule has 0 aliphatic heterocycles. The van der Waals surface area contributed by atoms with Crippen molar-refractivity contribution in [2.45, 2.75) is 49.3 Å². The first kappa shape index (κ1) is 27.5. The van der Waals surface area contributed by atoms with E-state index in [9.17, 15) is 39.5 Å². The van der Waals surface area contributed by atoms with E-state index in [-0.39, 0.29) is 18.7 Å². The van der Waals surface area contributed by atoms with Gasteiger partial charge in [0, 0.05) is 30.7 Å². The Morgan fingerprint density at radius 3 is 2.49 bits per heavy atom. The van der Waals surface area contributed by atoms with Gasteiger partial charge in [-0.15, -0.1) is 0 Å². The second-order valence-corrected chi connectivity index (χ2v) is 11.1. The Hall–Kier alpha value is -3.02. The quantitative estimate of drug-likeness (QED) is 0.140. The van der Waals surface area contributed by atoms with Gasteiger partial charge in [-0.3, -0.25) is 23.4 Å². The number of phosphoric acid groups is 1. The monoisotopic (exact) mass is 569 g/mol. The topological polar surface area (TPSA) is 261 Å². The number of H-pyrrole nitrogens is 1. The van der Waals surface area contributed by atoms with Gasteiger partial charge in [0.15, 0.2) is 11.5 Å². The number of aromatic nitrogens is 6. The second-order valence-electron chi connectivity index (χ2n) is 9.72. The molecule has 3 aromatic rings. The molecule has 3 aromatic heterocycles. The predicted octanol–water partition coefficient (Wildman–Crippen LogP) is -2.34. The molecule has 3 heterocycles. The minimum absolute atomic E-state index is 0.0103. The molecule has 0 aromatic carbocycles. The SMILES string of the molecule is Nc1ncnc2c1ncn2[C@@H]1C[C@H](COP(=O)(O)O[C@@H]2[C@@H](CO)C[C@@H](n3ccc(=O)[nH]c3=O)[C@@H]2O)[C@@H](O)[C@H]1O. The van der Waals surface area contributed by atoms with Crippen LogP contribution in [0.1, 0.15) is 24.9 Å². The molecule has 8 N–H and O–H groups in total. The lowest BCUT2D eigenvalue weighted by atomic mass is 10.1. The Morgan fingerprint density at radius 1 is 1.05 bits per heavy atom. The van der Waals surface area contributed by atoms with Crippen molar-refractivity contribution >= 4 is 24.8 Å². The van der Waals surface area contributed by atoms with Crippen LogP contribution in [0.3, 0.4) is 0 Å². The number of rotatable bonds is 8. The normalized spacial score (nSPS) is 32.5. The molecule has 17 nitrogen and oxygen atoms in total. The lowest BCUT2D eigenvalue weighted by Gasteiger charge is -2.25. The average Bonchev–Trinajstić information content (AvgIpc) is 3.53. The fourth-order valence-electron chi connectivity index (χ4n) is 5.40. The van der Waals surface area contributed by atoms with E-state index in [1.165, 1.54) is 23.4 Å². The molecule has 2 fully saturated rings. The molecule has 2 aliphatic rings. The van der Waals surface area contributed by atoms with Crippen LogP contribution in [0.4, 0.5) is 5.82 Å². The highest BCUT2D eigenvalue weighted by atomic mass is 31.2. The van der Waals surface area contributed by atoms with E-state index in [4.69, 9.17) is 14.8 Å². The van der Waals surface area contributed by atoms with Crippen molar-refractivity contribution in [3.8, 4) is 0 Å². The molecule has 1 unspecified atom stereocenters. The van der Waals surface area contributed by atoms with Gasteiger partial charge >= 0.3 is 13.5 Å². The highest BCUT2D eigenvalue weighted by Crippen LogP contribution is 2.51. The van der Waals surface area contributed by atoms with Gasteiger partial charge in [0.05, 0.1) is 31.1 Å². The first-order chi connectivity index (χ1) is 18.5. The molecule has 0 spiro atoms. The van der Waals surface area contributed by atoms with Crippen LogP contribution in [-0.2, 0) is 13.6 Å². The number of fused-ring (bicyclic) bond motifs is 1. The number of hydrogen-bond donors (Lipinski definition) is 7. The number of aliphatic hydroxyl groups excluding tert-OH is 4. The lowest BCUT2D eigenvalue weighted by molar-refractivity contribution is -0.0232. The molecule has 0 radical (unpaired) electrons. The molecular formula is C21H28N7O10P. The number of hydrogen-bond acceptors (Lipinski definition) is 13. The van der Waals surface area contributed by atoms with Crippen LogP contribution in [0.5, 0.6) is 0 Å². The van der Waals surface area contributed by atoms with Gasteiger partial charge in [-0.05, 0) is 12.8 Å². The standard InChI is InChI=1S/C21H28N7O10P/c22-19-14-20(24-7-23-19)28(8-25-14)11-4-10(15(31)16(11)32)6-37-39(35,36)38-18-9(5-29)3-12(17(18)33)27-2-1-13(30)26-21(27)34/h1-2,7-12,15-18,29,31-33H,3-6H2,(H,35,36)(H2,22,23,24)(H,26,30,34)/t9-,10-,11-,12-,15-,16+,17+,18-/m1/s1. The minimum atomic E-state index is -4.86. The third-order valence-electron chi connectivity index (χ3n) is 7.41. The smallest absolute Gasteiger partial charge is 0.396 e. The summed E-state index contributed by atoms with van der Waals surface area (Å²) >= 11 is 0. The predicted molar refractivity (Wildman–Crippen MR) is 131 cm³/mol. The van der Waals surface area contributed by atoms with Crippen molar-refractivity contribution in [2.75, 3.05) is 18.9 Å². The fraction of sp³-hybridized carbons (Fsp3) is 0.571. The third-order valence-corrected chi connectivity index (χ3v) is 8.39. The molecule has 0 saturated heterocycles. The van der Waals surface area contributed by atoms with Gasteiger partial charge in [0.1, 0.15) is 30.2 Å². The molecule has 0 amide bonds. The maximum atomic E-state index is 12.8. The lowest BCUT2D eigenvalue weighted by Crippen LogP contribution is -2.38. The summed E-state index contributed by atoms with van der Waals surface area (Å²) in [6, 6.07) is -0.565. The zero-order valence-electron chi connectivity index (χ0n) is 20.3. The molecule has 2 aliphatic carbocycles. The molecule has 0 bridgehead atoms. The molecule has 2 saturated carbocycles. The first-order valence-electron chi connectivity index (χ1n) is 12.1. The van der Waals surface area contributed by atoms with Crippen LogP contribution >= 0.6 is 7.82 Å². The maximum absolute atomic E-state index is 12.8. The number of aromatic amines is 1. The van der Waals surface area contributed by atoms with Crippen LogP contribution in [0.15, 0.2) is 34.5 Å². The summed E-state index contributed by atoms with van der Waals surface area (Å²) < 4.78 is 25.8. The van der Waals surface area contributed by atoms with Crippen molar-refractivity contribution in [1.82, 2.24) is 29.1 Å². The molecule has 18 heteroatoms. The summed E-state index contributed by atoms with van der Waals surface area (Å²) in [6.45, 7) is -1.01. The van der Waals surface area contributed by atoms with Crippen molar-refractivity contribution < 1.29 is 38.9 Å². The van der Waals surface area contributed by atoms with Crippen molar-refractivity contribution in [3.05, 3.63) is 45.8 Å². The average molecular weight is 569 g/mol. The van der Waals surface area contributed by atoms with Crippen molar-refractivity contribution in [2.24, 2.45) is 11.8 Å². The Kier molecular flexibility index (Phi) is 7.43. The Balaban J connectivity index is 1.26. The summed E-state index contributed by atoms with van der Waals surface area (Å²) in [6.07, 6.45) is -1.54. The Morgan fingerprint density at radius 2 is 1.77 bits per heavy atom. The number of phosphoric ester groups is 1. The maximum Gasteiger partial charge on any atom is 0.472 e. The summed E-state index contributed by atoms with van der Waals surface area (Å²) in [4.78, 5) is 48.1. The first-order valence-corrected chi connectivity index (χ1v) is 13.6. The van der Waals surface area contributed by atoms with Crippen LogP contribution in [0.25, 0.3) is 11.2 Å². The van der Waals surface area contributed by atoms with Crippen molar-refractivity contribution in [3.63, 3.8) is 0 Å². The zero-order valence-corrected chi connectivity index (χ0v) is 21.2. The number of anilines is 1. The van der Waals surface area contributed by atoms with E-state index in [0.717, 1.165) is 10.6 Å². The number of nitrogens with zero attached hydrogens (tertiary/aromatic N) is 5. The highest BCUT2D eigenvalue weighted by Gasteiger charge is 2.49. The minimum Gasteiger partial charge on any atom is -0.396 e. The summed E-state index contributed by atoms with van der Waals surface area (Å²) in [5.74, 6) is -1.48. The van der Waals surface area contributed by atoms with Crippen LogP contribution in [0, 0.1) is 11.8 Å². The van der Waals surface area contributed by atoms with Gasteiger partial charge in [0.25, 0.3) is 5.56 Å². The van der Waals surface area contributed by atoms with Gasteiger partial charge in [0.2, 0.25) is 0 Å². The Bertz CT molecular complexity index is 1510. The number of aliphatic hydroxyl groups is 4. The number of nitrogen functional groups attached to an aromatic ring is 1. The second kappa shape index (κ2) is 10.5. The number of nitrogens with two attached hydrogens (primary N) is 1.